The van der Waals surface area contributed by atoms with Crippen molar-refractivity contribution in [1.82, 2.24) is 4.90 Å². The molecule has 1 atom stereocenters. The van der Waals surface area contributed by atoms with E-state index in [1.54, 1.807) is 11.8 Å². The van der Waals surface area contributed by atoms with Gasteiger partial charge in [-0.15, -0.1) is 0 Å². The van der Waals surface area contributed by atoms with Gasteiger partial charge in [-0.3, -0.25) is 4.79 Å². The van der Waals surface area contributed by atoms with Gasteiger partial charge in [0.05, 0.1) is 6.10 Å². The summed E-state index contributed by atoms with van der Waals surface area (Å²) in [5.74, 6) is 0.158. The topological polar surface area (TPSA) is 89.3 Å². The molecule has 0 saturated carbocycles. The van der Waals surface area contributed by atoms with Crippen LogP contribution in [0.25, 0.3) is 10.4 Å². The average Bonchev–Trinajstić information content (AvgIpc) is 2.26. The number of carbonyl (C=O) groups excluding carboxylic acids is 1. The predicted octanol–water partition coefficient (Wildman–Crippen LogP) is 0.916. The first-order valence-electron chi connectivity index (χ1n) is 5.12. The molecule has 0 spiro atoms. The second kappa shape index (κ2) is 5.58. The first kappa shape index (κ1) is 11.8. The van der Waals surface area contributed by atoms with E-state index in [-0.39, 0.29) is 24.5 Å². The second-order valence-electron chi connectivity index (χ2n) is 3.85. The minimum Gasteiger partial charge on any atom is -0.393 e. The zero-order chi connectivity index (χ0) is 11.3. The molecule has 0 aromatic rings. The van der Waals surface area contributed by atoms with Crippen LogP contribution in [0, 0.1) is 5.92 Å². The number of hydrogen-bond donors (Lipinski definition) is 1. The summed E-state index contributed by atoms with van der Waals surface area (Å²) < 4.78 is 0. The molecule has 1 amide bonds. The Morgan fingerprint density at radius 1 is 1.67 bits per heavy atom. The highest BCUT2D eigenvalue weighted by Crippen LogP contribution is 2.20. The van der Waals surface area contributed by atoms with Gasteiger partial charge in [-0.2, -0.15) is 0 Å². The van der Waals surface area contributed by atoms with E-state index in [4.69, 9.17) is 5.53 Å². The number of amides is 1. The van der Waals surface area contributed by atoms with Crippen molar-refractivity contribution in [2.45, 2.75) is 25.9 Å². The largest absolute Gasteiger partial charge is 0.393 e. The molecule has 6 nitrogen and oxygen atoms in total. The van der Waals surface area contributed by atoms with Crippen molar-refractivity contribution in [3.8, 4) is 0 Å². The molecule has 15 heavy (non-hydrogen) atoms. The standard InChI is InChI=1S/C9H16N4O2/c1-7(14)8-2-4-13(5-3-8)9(15)6-11-12-10/h7-8,14H,2-6H2,1H3/t7-/m0/s1. The molecule has 0 unspecified atom stereocenters. The van der Waals surface area contributed by atoms with Crippen LogP contribution in [0.4, 0.5) is 0 Å². The Hall–Kier alpha value is -1.26. The molecule has 0 aromatic carbocycles. The zero-order valence-electron chi connectivity index (χ0n) is 8.83. The van der Waals surface area contributed by atoms with Gasteiger partial charge in [-0.25, -0.2) is 0 Å². The molecule has 1 aliphatic heterocycles. The van der Waals surface area contributed by atoms with E-state index in [2.05, 4.69) is 10.0 Å². The Balaban J connectivity index is 2.36. The van der Waals surface area contributed by atoms with Crippen molar-refractivity contribution in [2.24, 2.45) is 11.0 Å². The summed E-state index contributed by atoms with van der Waals surface area (Å²) in [6.07, 6.45) is 1.33. The van der Waals surface area contributed by atoms with E-state index >= 15 is 0 Å². The maximum absolute atomic E-state index is 11.4. The minimum atomic E-state index is -0.306. The van der Waals surface area contributed by atoms with Gasteiger partial charge >= 0.3 is 0 Å². The molecular weight excluding hydrogens is 196 g/mol. The lowest BCUT2D eigenvalue weighted by atomic mass is 9.92. The van der Waals surface area contributed by atoms with Crippen LogP contribution < -0.4 is 0 Å². The maximum Gasteiger partial charge on any atom is 0.228 e. The highest BCUT2D eigenvalue weighted by atomic mass is 16.3. The van der Waals surface area contributed by atoms with Gasteiger partial charge in [0, 0.05) is 18.0 Å². The van der Waals surface area contributed by atoms with Crippen molar-refractivity contribution in [3.05, 3.63) is 10.4 Å². The number of aliphatic hydroxyl groups excluding tert-OH is 1. The average molecular weight is 212 g/mol. The Kier molecular flexibility index (Phi) is 4.39. The normalized spacial score (nSPS) is 19.5. The van der Waals surface area contributed by atoms with Crippen molar-refractivity contribution in [2.75, 3.05) is 19.6 Å². The van der Waals surface area contributed by atoms with Crippen LogP contribution in [0.5, 0.6) is 0 Å². The fourth-order valence-electron chi connectivity index (χ4n) is 1.82. The quantitative estimate of drug-likeness (QED) is 0.428. The fourth-order valence-corrected chi connectivity index (χ4v) is 1.82. The molecule has 1 fully saturated rings. The summed E-state index contributed by atoms with van der Waals surface area (Å²) in [6.45, 7) is 2.97. The molecule has 0 aliphatic carbocycles. The molecule has 1 saturated heterocycles. The number of hydrogen-bond acceptors (Lipinski definition) is 3. The number of rotatable bonds is 3. The lowest BCUT2D eigenvalue weighted by Gasteiger charge is -2.33. The fraction of sp³-hybridized carbons (Fsp3) is 0.889. The highest BCUT2D eigenvalue weighted by Gasteiger charge is 2.24. The van der Waals surface area contributed by atoms with Crippen molar-refractivity contribution in [1.29, 1.82) is 0 Å². The predicted molar refractivity (Wildman–Crippen MR) is 55.0 cm³/mol. The Bertz CT molecular complexity index is 265. The SMILES string of the molecule is C[C@H](O)C1CCN(C(=O)CN=[N+]=[N-])CC1. The summed E-state index contributed by atoms with van der Waals surface area (Å²) >= 11 is 0. The number of aliphatic hydroxyl groups is 1. The summed E-state index contributed by atoms with van der Waals surface area (Å²) in [4.78, 5) is 15.7. The number of carbonyl (C=O) groups is 1. The highest BCUT2D eigenvalue weighted by molar-refractivity contribution is 5.78. The second-order valence-corrected chi connectivity index (χ2v) is 3.85. The van der Waals surface area contributed by atoms with Crippen molar-refractivity contribution in [3.63, 3.8) is 0 Å². The van der Waals surface area contributed by atoms with E-state index in [1.807, 2.05) is 0 Å². The molecule has 6 heteroatoms. The Morgan fingerprint density at radius 3 is 2.73 bits per heavy atom. The molecule has 1 N–H and O–H groups in total. The molecule has 1 aliphatic rings. The summed E-state index contributed by atoms with van der Waals surface area (Å²) in [6, 6.07) is 0. The molecule has 0 aromatic heterocycles. The Labute approximate surface area is 88.5 Å². The molecule has 0 radical (unpaired) electrons. The zero-order valence-corrected chi connectivity index (χ0v) is 8.83. The lowest BCUT2D eigenvalue weighted by molar-refractivity contribution is -0.131. The van der Waals surface area contributed by atoms with Crippen LogP contribution in [0.15, 0.2) is 5.11 Å². The van der Waals surface area contributed by atoms with Gasteiger partial charge < -0.3 is 10.0 Å². The summed E-state index contributed by atoms with van der Waals surface area (Å²) in [5, 5.41) is 12.6. The van der Waals surface area contributed by atoms with Crippen LogP contribution in [-0.4, -0.2) is 41.7 Å². The summed E-state index contributed by atoms with van der Waals surface area (Å²) in [5.41, 5.74) is 8.08. The summed E-state index contributed by atoms with van der Waals surface area (Å²) in [7, 11) is 0. The number of azide groups is 1. The smallest absolute Gasteiger partial charge is 0.228 e. The third kappa shape index (κ3) is 3.42. The van der Waals surface area contributed by atoms with E-state index in [0.717, 1.165) is 12.8 Å². The first-order valence-corrected chi connectivity index (χ1v) is 5.12. The van der Waals surface area contributed by atoms with Gasteiger partial charge in [-0.1, -0.05) is 5.11 Å². The van der Waals surface area contributed by atoms with Crippen LogP contribution in [0.1, 0.15) is 19.8 Å². The van der Waals surface area contributed by atoms with Gasteiger partial charge in [0.15, 0.2) is 0 Å². The minimum absolute atomic E-state index is 0.101. The van der Waals surface area contributed by atoms with Gasteiger partial charge in [0.2, 0.25) is 5.91 Å². The molecule has 1 heterocycles. The third-order valence-electron chi connectivity index (χ3n) is 2.84. The first-order chi connectivity index (χ1) is 7.15. The van der Waals surface area contributed by atoms with Gasteiger partial charge in [-0.05, 0) is 31.2 Å². The van der Waals surface area contributed by atoms with E-state index in [9.17, 15) is 9.90 Å². The lowest BCUT2D eigenvalue weighted by Crippen LogP contribution is -2.41. The molecule has 0 bridgehead atoms. The monoisotopic (exact) mass is 212 g/mol. The molecular formula is C9H16N4O2. The van der Waals surface area contributed by atoms with Crippen molar-refractivity contribution < 1.29 is 9.90 Å². The molecule has 84 valence electrons. The van der Waals surface area contributed by atoms with Crippen LogP contribution in [0.2, 0.25) is 0 Å². The molecule has 1 rings (SSSR count). The maximum atomic E-state index is 11.4. The number of piperidine rings is 1. The van der Waals surface area contributed by atoms with Crippen molar-refractivity contribution >= 4 is 5.91 Å². The van der Waals surface area contributed by atoms with Crippen LogP contribution in [0.3, 0.4) is 0 Å². The van der Waals surface area contributed by atoms with Gasteiger partial charge in [0.25, 0.3) is 0 Å². The Morgan fingerprint density at radius 2 is 2.27 bits per heavy atom. The van der Waals surface area contributed by atoms with Crippen LogP contribution in [-0.2, 0) is 4.79 Å². The van der Waals surface area contributed by atoms with Crippen LogP contribution >= 0.6 is 0 Å². The number of likely N-dealkylation sites (tertiary alicyclic amines) is 1. The van der Waals surface area contributed by atoms with Gasteiger partial charge in [0.1, 0.15) is 6.54 Å². The number of nitrogens with zero attached hydrogens (tertiary/aromatic N) is 4. The van der Waals surface area contributed by atoms with E-state index in [0.29, 0.717) is 13.1 Å². The van der Waals surface area contributed by atoms with E-state index < -0.39 is 0 Å². The van der Waals surface area contributed by atoms with E-state index in [1.165, 1.54) is 0 Å². The third-order valence-corrected chi connectivity index (χ3v) is 2.84.